The Morgan fingerprint density at radius 2 is 1.80 bits per heavy atom. The Labute approximate surface area is 122 Å². The minimum atomic E-state index is 0.662. The van der Waals surface area contributed by atoms with Gasteiger partial charge in [-0.2, -0.15) is 0 Å². The van der Waals surface area contributed by atoms with Crippen molar-refractivity contribution in [2.24, 2.45) is 5.92 Å². The minimum Gasteiger partial charge on any atom is -0.382 e. The maximum absolute atomic E-state index is 3.86. The van der Waals surface area contributed by atoms with Crippen LogP contribution in [0.25, 0.3) is 10.8 Å². The first-order chi connectivity index (χ1) is 9.88. The van der Waals surface area contributed by atoms with Gasteiger partial charge in [0, 0.05) is 17.1 Å². The highest BCUT2D eigenvalue weighted by Gasteiger charge is 2.24. The van der Waals surface area contributed by atoms with E-state index in [4.69, 9.17) is 0 Å². The SMILES string of the molecule is CCCC1CCCCC1Nc1cccc2ccccc12. The molecule has 20 heavy (non-hydrogen) atoms. The van der Waals surface area contributed by atoms with Crippen LogP contribution in [0.3, 0.4) is 0 Å². The highest BCUT2D eigenvalue weighted by atomic mass is 14.9. The molecule has 0 aliphatic heterocycles. The molecule has 106 valence electrons. The molecule has 1 aliphatic rings. The van der Waals surface area contributed by atoms with Gasteiger partial charge in [0.2, 0.25) is 0 Å². The third-order valence-corrected chi connectivity index (χ3v) is 4.70. The summed E-state index contributed by atoms with van der Waals surface area (Å²) in [6, 6.07) is 16.0. The predicted octanol–water partition coefficient (Wildman–Crippen LogP) is 5.61. The number of hydrogen-bond donors (Lipinski definition) is 1. The topological polar surface area (TPSA) is 12.0 Å². The van der Waals surface area contributed by atoms with E-state index in [9.17, 15) is 0 Å². The summed E-state index contributed by atoms with van der Waals surface area (Å²) < 4.78 is 0. The van der Waals surface area contributed by atoms with E-state index in [0.29, 0.717) is 6.04 Å². The highest BCUT2D eigenvalue weighted by molar-refractivity contribution is 5.93. The van der Waals surface area contributed by atoms with Gasteiger partial charge in [-0.05, 0) is 36.6 Å². The Hall–Kier alpha value is -1.50. The van der Waals surface area contributed by atoms with Gasteiger partial charge in [-0.1, -0.05) is 62.6 Å². The van der Waals surface area contributed by atoms with Crippen molar-refractivity contribution in [3.63, 3.8) is 0 Å². The third kappa shape index (κ3) is 2.82. The number of benzene rings is 2. The largest absolute Gasteiger partial charge is 0.382 e. The standard InChI is InChI=1S/C19H25N/c1-2-8-16-10-4-6-13-18(16)20-19-14-7-11-15-9-3-5-12-17(15)19/h3,5,7,9,11-12,14,16,18,20H,2,4,6,8,10,13H2,1H3. The first-order valence-corrected chi connectivity index (χ1v) is 8.13. The van der Waals surface area contributed by atoms with Gasteiger partial charge in [-0.3, -0.25) is 0 Å². The van der Waals surface area contributed by atoms with Crippen LogP contribution in [-0.2, 0) is 0 Å². The molecule has 0 radical (unpaired) electrons. The van der Waals surface area contributed by atoms with Crippen molar-refractivity contribution in [1.82, 2.24) is 0 Å². The number of nitrogens with one attached hydrogen (secondary N) is 1. The van der Waals surface area contributed by atoms with Crippen LogP contribution in [0.5, 0.6) is 0 Å². The van der Waals surface area contributed by atoms with Crippen LogP contribution in [0, 0.1) is 5.92 Å². The molecule has 1 fully saturated rings. The van der Waals surface area contributed by atoms with Gasteiger partial charge in [0.25, 0.3) is 0 Å². The predicted molar refractivity (Wildman–Crippen MR) is 88.2 cm³/mol. The molecule has 2 unspecified atom stereocenters. The fraction of sp³-hybridized carbons (Fsp3) is 0.474. The van der Waals surface area contributed by atoms with E-state index >= 15 is 0 Å². The maximum atomic E-state index is 3.86. The molecule has 2 atom stereocenters. The number of fused-ring (bicyclic) bond motifs is 1. The van der Waals surface area contributed by atoms with E-state index in [1.165, 1.54) is 55.0 Å². The van der Waals surface area contributed by atoms with Crippen molar-refractivity contribution >= 4 is 16.5 Å². The van der Waals surface area contributed by atoms with Crippen molar-refractivity contribution < 1.29 is 0 Å². The van der Waals surface area contributed by atoms with Crippen molar-refractivity contribution in [2.75, 3.05) is 5.32 Å². The number of hydrogen-bond acceptors (Lipinski definition) is 1. The highest BCUT2D eigenvalue weighted by Crippen LogP contribution is 2.32. The Morgan fingerprint density at radius 1 is 1.00 bits per heavy atom. The van der Waals surface area contributed by atoms with Gasteiger partial charge in [0.15, 0.2) is 0 Å². The molecule has 0 heterocycles. The number of rotatable bonds is 4. The summed E-state index contributed by atoms with van der Waals surface area (Å²) in [5.74, 6) is 0.854. The van der Waals surface area contributed by atoms with Crippen LogP contribution in [-0.4, -0.2) is 6.04 Å². The van der Waals surface area contributed by atoms with Gasteiger partial charge >= 0.3 is 0 Å². The second-order valence-corrected chi connectivity index (χ2v) is 6.11. The quantitative estimate of drug-likeness (QED) is 0.759. The Balaban J connectivity index is 1.84. The average Bonchev–Trinajstić information content (AvgIpc) is 2.50. The van der Waals surface area contributed by atoms with E-state index in [2.05, 4.69) is 54.7 Å². The zero-order valence-corrected chi connectivity index (χ0v) is 12.4. The second kappa shape index (κ2) is 6.30. The molecule has 1 nitrogen and oxygen atoms in total. The van der Waals surface area contributed by atoms with Crippen molar-refractivity contribution in [2.45, 2.75) is 51.5 Å². The second-order valence-electron chi connectivity index (χ2n) is 6.11. The molecule has 2 aromatic carbocycles. The van der Waals surface area contributed by atoms with Gasteiger partial charge in [-0.25, -0.2) is 0 Å². The van der Waals surface area contributed by atoms with Gasteiger partial charge in [0.05, 0.1) is 0 Å². The molecular formula is C19H25N. The molecule has 0 bridgehead atoms. The van der Waals surface area contributed by atoms with Crippen LogP contribution < -0.4 is 5.32 Å². The molecule has 0 saturated heterocycles. The molecule has 1 N–H and O–H groups in total. The summed E-state index contributed by atoms with van der Waals surface area (Å²) in [6.45, 7) is 2.31. The first kappa shape index (κ1) is 13.5. The molecule has 2 aromatic rings. The van der Waals surface area contributed by atoms with E-state index in [1.54, 1.807) is 0 Å². The minimum absolute atomic E-state index is 0.662. The Kier molecular flexibility index (Phi) is 4.25. The average molecular weight is 267 g/mol. The van der Waals surface area contributed by atoms with Crippen LogP contribution in [0.4, 0.5) is 5.69 Å². The lowest BCUT2D eigenvalue weighted by Crippen LogP contribution is -2.32. The zero-order chi connectivity index (χ0) is 13.8. The normalized spacial score (nSPS) is 22.9. The lowest BCUT2D eigenvalue weighted by Gasteiger charge is -2.33. The van der Waals surface area contributed by atoms with E-state index in [1.807, 2.05) is 0 Å². The van der Waals surface area contributed by atoms with Crippen LogP contribution in [0.15, 0.2) is 42.5 Å². The summed E-state index contributed by atoms with van der Waals surface area (Å²) in [5.41, 5.74) is 1.32. The van der Waals surface area contributed by atoms with Crippen LogP contribution in [0.2, 0.25) is 0 Å². The molecule has 3 rings (SSSR count). The third-order valence-electron chi connectivity index (χ3n) is 4.70. The van der Waals surface area contributed by atoms with Crippen LogP contribution in [0.1, 0.15) is 45.4 Å². The summed E-state index contributed by atoms with van der Waals surface area (Å²) >= 11 is 0. The van der Waals surface area contributed by atoms with Gasteiger partial charge in [-0.15, -0.1) is 0 Å². The lowest BCUT2D eigenvalue weighted by atomic mass is 9.81. The molecule has 0 spiro atoms. The van der Waals surface area contributed by atoms with Crippen molar-refractivity contribution in [3.8, 4) is 0 Å². The van der Waals surface area contributed by atoms with Gasteiger partial charge in [0.1, 0.15) is 0 Å². The summed E-state index contributed by atoms with van der Waals surface area (Å²) in [5, 5.41) is 6.55. The summed E-state index contributed by atoms with van der Waals surface area (Å²) in [4.78, 5) is 0. The zero-order valence-electron chi connectivity index (χ0n) is 12.4. The fourth-order valence-electron chi connectivity index (χ4n) is 3.67. The fourth-order valence-corrected chi connectivity index (χ4v) is 3.67. The molecule has 1 saturated carbocycles. The molecule has 0 amide bonds. The molecular weight excluding hydrogens is 242 g/mol. The monoisotopic (exact) mass is 267 g/mol. The van der Waals surface area contributed by atoms with Crippen LogP contribution >= 0.6 is 0 Å². The lowest BCUT2D eigenvalue weighted by molar-refractivity contribution is 0.306. The summed E-state index contributed by atoms with van der Waals surface area (Å²) in [6.07, 6.45) is 8.19. The Morgan fingerprint density at radius 3 is 2.70 bits per heavy atom. The summed E-state index contributed by atoms with van der Waals surface area (Å²) in [7, 11) is 0. The maximum Gasteiger partial charge on any atom is 0.0422 e. The van der Waals surface area contributed by atoms with E-state index in [0.717, 1.165) is 5.92 Å². The number of anilines is 1. The first-order valence-electron chi connectivity index (χ1n) is 8.13. The molecule has 0 aromatic heterocycles. The van der Waals surface area contributed by atoms with E-state index in [-0.39, 0.29) is 0 Å². The smallest absolute Gasteiger partial charge is 0.0422 e. The molecule has 1 heteroatoms. The Bertz CT molecular complexity index is 553. The van der Waals surface area contributed by atoms with Gasteiger partial charge < -0.3 is 5.32 Å². The molecule has 1 aliphatic carbocycles. The van der Waals surface area contributed by atoms with Crippen molar-refractivity contribution in [1.29, 1.82) is 0 Å². The van der Waals surface area contributed by atoms with E-state index < -0.39 is 0 Å². The van der Waals surface area contributed by atoms with Crippen molar-refractivity contribution in [3.05, 3.63) is 42.5 Å².